The Hall–Kier alpha value is -3.07. The number of benzene rings is 2. The Bertz CT molecular complexity index is 884. The number of halogens is 1. The molecule has 0 fully saturated rings. The molecule has 0 unspecified atom stereocenters. The normalized spacial score (nSPS) is 10.6. The van der Waals surface area contributed by atoms with Crippen LogP contribution in [0.4, 0.5) is 5.69 Å². The lowest BCUT2D eigenvalue weighted by Gasteiger charge is -2.08. The molecule has 0 aliphatic rings. The minimum atomic E-state index is -0.394. The Kier molecular flexibility index (Phi) is 8.47. The lowest BCUT2D eigenvalue weighted by atomic mass is 10.2. The summed E-state index contributed by atoms with van der Waals surface area (Å²) in [5.74, 6) is 0.321. The first-order valence-corrected chi connectivity index (χ1v) is 9.63. The number of methoxy groups -OCH3 is 1. The quantitative estimate of drug-likeness (QED) is 0.389. The van der Waals surface area contributed by atoms with E-state index in [-0.39, 0.29) is 24.5 Å². The second kappa shape index (κ2) is 11.1. The highest BCUT2D eigenvalue weighted by molar-refractivity contribution is 9.10. The van der Waals surface area contributed by atoms with Crippen molar-refractivity contribution < 1.29 is 24.2 Å². The Balaban J connectivity index is 1.81. The van der Waals surface area contributed by atoms with Crippen LogP contribution in [-0.2, 0) is 9.59 Å². The largest absolute Gasteiger partial charge is 0.503 e. The summed E-state index contributed by atoms with van der Waals surface area (Å²) < 4.78 is 10.8. The number of nitrogens with zero attached hydrogens (tertiary/aromatic N) is 1. The molecule has 2 amide bonds. The number of hydrogen-bond donors (Lipinski definition) is 3. The van der Waals surface area contributed by atoms with E-state index in [1.54, 1.807) is 50.4 Å². The van der Waals surface area contributed by atoms with Crippen LogP contribution in [0.15, 0.2) is 46.0 Å². The molecule has 0 spiro atoms. The van der Waals surface area contributed by atoms with E-state index in [0.29, 0.717) is 33.8 Å². The molecule has 2 rings (SSSR count). The van der Waals surface area contributed by atoms with Crippen molar-refractivity contribution in [2.75, 3.05) is 19.0 Å². The number of carbonyl (C=O) groups is 2. The number of hydrogen-bond acceptors (Lipinski definition) is 6. The molecular formula is C20H22BrN3O5. The first-order chi connectivity index (χ1) is 13.9. The summed E-state index contributed by atoms with van der Waals surface area (Å²) in [6.45, 7) is 2.20. The Morgan fingerprint density at radius 2 is 1.86 bits per heavy atom. The van der Waals surface area contributed by atoms with Gasteiger partial charge >= 0.3 is 0 Å². The molecule has 0 saturated carbocycles. The molecule has 2 aromatic rings. The van der Waals surface area contributed by atoms with Gasteiger partial charge in [-0.3, -0.25) is 9.59 Å². The van der Waals surface area contributed by atoms with Gasteiger partial charge in [0.15, 0.2) is 11.5 Å². The summed E-state index contributed by atoms with van der Waals surface area (Å²) in [6.07, 6.45) is 1.43. The van der Waals surface area contributed by atoms with Gasteiger partial charge in [-0.2, -0.15) is 5.10 Å². The van der Waals surface area contributed by atoms with Gasteiger partial charge in [0.25, 0.3) is 0 Å². The van der Waals surface area contributed by atoms with Crippen LogP contribution < -0.4 is 20.2 Å². The molecule has 154 valence electrons. The molecule has 0 aromatic heterocycles. The molecule has 0 aliphatic heterocycles. The van der Waals surface area contributed by atoms with E-state index in [9.17, 15) is 14.7 Å². The van der Waals surface area contributed by atoms with E-state index in [1.807, 2.05) is 0 Å². The van der Waals surface area contributed by atoms with Gasteiger partial charge in [-0.05, 0) is 64.8 Å². The van der Waals surface area contributed by atoms with Crippen molar-refractivity contribution in [2.45, 2.75) is 19.8 Å². The smallest absolute Gasteiger partial charge is 0.240 e. The fourth-order valence-corrected chi connectivity index (χ4v) is 2.75. The third-order valence-electron chi connectivity index (χ3n) is 3.71. The molecule has 9 heteroatoms. The first kappa shape index (κ1) is 22.2. The maximum absolute atomic E-state index is 11.9. The molecule has 8 nitrogen and oxygen atoms in total. The van der Waals surface area contributed by atoms with E-state index in [0.717, 1.165) is 0 Å². The molecule has 0 atom stereocenters. The van der Waals surface area contributed by atoms with Crippen molar-refractivity contribution in [1.29, 1.82) is 0 Å². The number of anilines is 1. The van der Waals surface area contributed by atoms with E-state index >= 15 is 0 Å². The SMILES string of the molecule is CCOc1cc(/C=N/NC(=O)CCC(=O)Nc2ccc(OC)cc2)cc(Br)c1O. The lowest BCUT2D eigenvalue weighted by molar-refractivity contribution is -0.124. The standard InChI is InChI=1S/C20H22BrN3O5/c1-3-29-17-11-13(10-16(21)20(17)27)12-22-24-19(26)9-8-18(25)23-14-4-6-15(28-2)7-5-14/h4-7,10-12,27H,3,8-9H2,1-2H3,(H,23,25)(H,24,26)/b22-12+. The Labute approximate surface area is 177 Å². The number of phenols is 1. The van der Waals surface area contributed by atoms with E-state index in [4.69, 9.17) is 9.47 Å². The van der Waals surface area contributed by atoms with Crippen LogP contribution in [0.3, 0.4) is 0 Å². The van der Waals surface area contributed by atoms with Crippen LogP contribution in [0.5, 0.6) is 17.2 Å². The number of ether oxygens (including phenoxy) is 2. The summed E-state index contributed by atoms with van der Waals surface area (Å²) in [5, 5.41) is 16.5. The fourth-order valence-electron chi connectivity index (χ4n) is 2.29. The predicted octanol–water partition coefficient (Wildman–Crippen LogP) is 3.43. The fraction of sp³-hybridized carbons (Fsp3) is 0.250. The number of nitrogens with one attached hydrogen (secondary N) is 2. The Morgan fingerprint density at radius 1 is 1.17 bits per heavy atom. The minimum absolute atomic E-state index is 0.00379. The van der Waals surface area contributed by atoms with Gasteiger partial charge in [0, 0.05) is 18.5 Å². The van der Waals surface area contributed by atoms with Crippen LogP contribution in [0.2, 0.25) is 0 Å². The van der Waals surface area contributed by atoms with E-state index < -0.39 is 5.91 Å². The van der Waals surface area contributed by atoms with Crippen LogP contribution in [0.25, 0.3) is 0 Å². The predicted molar refractivity (Wildman–Crippen MR) is 114 cm³/mol. The average molecular weight is 464 g/mol. The van der Waals surface area contributed by atoms with Crippen molar-refractivity contribution >= 4 is 39.6 Å². The van der Waals surface area contributed by atoms with Crippen molar-refractivity contribution in [1.82, 2.24) is 5.43 Å². The summed E-state index contributed by atoms with van der Waals surface area (Å²) in [4.78, 5) is 23.8. The van der Waals surface area contributed by atoms with Gasteiger partial charge in [0.1, 0.15) is 5.75 Å². The van der Waals surface area contributed by atoms with Gasteiger partial charge in [-0.1, -0.05) is 0 Å². The average Bonchev–Trinajstić information content (AvgIpc) is 2.71. The van der Waals surface area contributed by atoms with Gasteiger partial charge in [0.2, 0.25) is 11.8 Å². The summed E-state index contributed by atoms with van der Waals surface area (Å²) in [5.41, 5.74) is 3.61. The first-order valence-electron chi connectivity index (χ1n) is 8.84. The van der Waals surface area contributed by atoms with Crippen molar-refractivity contribution in [3.8, 4) is 17.2 Å². The number of aromatic hydroxyl groups is 1. The number of amides is 2. The van der Waals surface area contributed by atoms with Crippen molar-refractivity contribution in [2.24, 2.45) is 5.10 Å². The van der Waals surface area contributed by atoms with Gasteiger partial charge in [-0.25, -0.2) is 5.43 Å². The Morgan fingerprint density at radius 3 is 2.52 bits per heavy atom. The molecule has 3 N–H and O–H groups in total. The summed E-state index contributed by atoms with van der Waals surface area (Å²) in [6, 6.07) is 10.1. The van der Waals surface area contributed by atoms with Crippen LogP contribution in [0.1, 0.15) is 25.3 Å². The minimum Gasteiger partial charge on any atom is -0.503 e. The highest BCUT2D eigenvalue weighted by Crippen LogP contribution is 2.35. The molecule has 0 aliphatic carbocycles. The number of rotatable bonds is 9. The van der Waals surface area contributed by atoms with Crippen LogP contribution in [0, 0.1) is 0 Å². The van der Waals surface area contributed by atoms with E-state index in [1.165, 1.54) is 6.21 Å². The third-order valence-corrected chi connectivity index (χ3v) is 4.31. The number of hydrazone groups is 1. The van der Waals surface area contributed by atoms with Gasteiger partial charge in [-0.15, -0.1) is 0 Å². The van der Waals surface area contributed by atoms with Crippen LogP contribution >= 0.6 is 15.9 Å². The molecule has 0 heterocycles. The zero-order valence-corrected chi connectivity index (χ0v) is 17.7. The number of phenolic OH excluding ortho intramolecular Hbond substituents is 1. The zero-order valence-electron chi connectivity index (χ0n) is 16.1. The monoisotopic (exact) mass is 463 g/mol. The second-order valence-corrected chi connectivity index (χ2v) is 6.71. The van der Waals surface area contributed by atoms with Crippen LogP contribution in [-0.4, -0.2) is 36.9 Å². The zero-order chi connectivity index (χ0) is 21.2. The lowest BCUT2D eigenvalue weighted by Crippen LogP contribution is -2.20. The second-order valence-electron chi connectivity index (χ2n) is 5.85. The van der Waals surface area contributed by atoms with Crippen molar-refractivity contribution in [3.63, 3.8) is 0 Å². The number of carbonyl (C=O) groups excluding carboxylic acids is 2. The van der Waals surface area contributed by atoms with Crippen molar-refractivity contribution in [3.05, 3.63) is 46.4 Å². The molecule has 29 heavy (non-hydrogen) atoms. The van der Waals surface area contributed by atoms with Gasteiger partial charge in [0.05, 0.1) is 24.4 Å². The summed E-state index contributed by atoms with van der Waals surface area (Å²) in [7, 11) is 1.56. The summed E-state index contributed by atoms with van der Waals surface area (Å²) >= 11 is 3.23. The van der Waals surface area contributed by atoms with Gasteiger partial charge < -0.3 is 19.9 Å². The van der Waals surface area contributed by atoms with E-state index in [2.05, 4.69) is 31.8 Å². The molecule has 0 saturated heterocycles. The topological polar surface area (TPSA) is 109 Å². The molecule has 0 bridgehead atoms. The molecule has 0 radical (unpaired) electrons. The third kappa shape index (κ3) is 7.11. The highest BCUT2D eigenvalue weighted by atomic mass is 79.9. The molecule has 2 aromatic carbocycles. The highest BCUT2D eigenvalue weighted by Gasteiger charge is 2.09. The maximum atomic E-state index is 11.9. The maximum Gasteiger partial charge on any atom is 0.240 e. The molecular weight excluding hydrogens is 442 g/mol.